The number of aryl methyl sites for hydroxylation is 2. The monoisotopic (exact) mass is 203 g/mol. The van der Waals surface area contributed by atoms with Gasteiger partial charge in [0.05, 0.1) is 0 Å². The molecule has 0 bridgehead atoms. The first-order valence-corrected chi connectivity index (χ1v) is 5.01. The van der Waals surface area contributed by atoms with E-state index < -0.39 is 0 Å². The molecule has 0 atom stereocenters. The maximum Gasteiger partial charge on any atom is 0.252 e. The van der Waals surface area contributed by atoms with E-state index in [9.17, 15) is 4.79 Å². The third-order valence-corrected chi connectivity index (χ3v) is 2.26. The second kappa shape index (κ2) is 4.78. The van der Waals surface area contributed by atoms with Gasteiger partial charge >= 0.3 is 0 Å². The number of hydrogen-bond donors (Lipinski definition) is 1. The molecule has 2 nitrogen and oxygen atoms in total. The molecule has 2 heteroatoms. The number of nitrogens with one attached hydrogen (secondary N) is 1. The van der Waals surface area contributed by atoms with Crippen LogP contribution < -0.4 is 5.32 Å². The van der Waals surface area contributed by atoms with Crippen LogP contribution in [0, 0.1) is 13.8 Å². The minimum Gasteiger partial charge on any atom is -0.348 e. The van der Waals surface area contributed by atoms with Gasteiger partial charge in [0, 0.05) is 12.1 Å². The van der Waals surface area contributed by atoms with E-state index in [1.165, 1.54) is 0 Å². The van der Waals surface area contributed by atoms with Gasteiger partial charge in [-0.2, -0.15) is 0 Å². The molecular formula is C13H17NO. The molecule has 0 spiro atoms. The summed E-state index contributed by atoms with van der Waals surface area (Å²) in [4.78, 5) is 11.8. The van der Waals surface area contributed by atoms with E-state index in [1.807, 2.05) is 39.0 Å². The maximum atomic E-state index is 11.8. The van der Waals surface area contributed by atoms with Crippen molar-refractivity contribution in [3.05, 3.63) is 47.0 Å². The Bertz CT molecular complexity index is 373. The van der Waals surface area contributed by atoms with E-state index in [0.29, 0.717) is 6.54 Å². The van der Waals surface area contributed by atoms with Gasteiger partial charge in [-0.1, -0.05) is 30.4 Å². The summed E-state index contributed by atoms with van der Waals surface area (Å²) in [5.41, 5.74) is 3.75. The van der Waals surface area contributed by atoms with Crippen LogP contribution in [-0.4, -0.2) is 12.5 Å². The van der Waals surface area contributed by atoms with Gasteiger partial charge in [0.25, 0.3) is 5.91 Å². The summed E-state index contributed by atoms with van der Waals surface area (Å²) in [6.45, 7) is 10.1. The SMILES string of the molecule is C=C(C)CNC(=O)c1c(C)cccc1C. The highest BCUT2D eigenvalue weighted by Gasteiger charge is 2.10. The maximum absolute atomic E-state index is 11.8. The fraction of sp³-hybridized carbons (Fsp3) is 0.308. The third kappa shape index (κ3) is 2.94. The first kappa shape index (κ1) is 11.5. The third-order valence-electron chi connectivity index (χ3n) is 2.26. The van der Waals surface area contributed by atoms with Gasteiger partial charge in [-0.25, -0.2) is 0 Å². The highest BCUT2D eigenvalue weighted by Crippen LogP contribution is 2.12. The number of hydrogen-bond acceptors (Lipinski definition) is 1. The lowest BCUT2D eigenvalue weighted by Gasteiger charge is -2.10. The van der Waals surface area contributed by atoms with Crippen LogP contribution in [0.2, 0.25) is 0 Å². The Morgan fingerprint density at radius 2 is 1.87 bits per heavy atom. The number of amides is 1. The average molecular weight is 203 g/mol. The van der Waals surface area contributed by atoms with Crippen LogP contribution in [0.25, 0.3) is 0 Å². The van der Waals surface area contributed by atoms with E-state index in [1.54, 1.807) is 0 Å². The Labute approximate surface area is 91.0 Å². The molecule has 0 radical (unpaired) electrons. The lowest BCUT2D eigenvalue weighted by molar-refractivity contribution is 0.0956. The molecule has 0 saturated heterocycles. The molecule has 1 amide bonds. The molecule has 1 rings (SSSR count). The zero-order valence-corrected chi connectivity index (χ0v) is 9.55. The van der Waals surface area contributed by atoms with Gasteiger partial charge in [-0.15, -0.1) is 0 Å². The molecule has 1 N–H and O–H groups in total. The Morgan fingerprint density at radius 3 is 2.33 bits per heavy atom. The van der Waals surface area contributed by atoms with Gasteiger partial charge in [-0.3, -0.25) is 4.79 Å². The van der Waals surface area contributed by atoms with Gasteiger partial charge in [-0.05, 0) is 31.9 Å². The van der Waals surface area contributed by atoms with E-state index in [4.69, 9.17) is 0 Å². The summed E-state index contributed by atoms with van der Waals surface area (Å²) in [5, 5.41) is 2.84. The van der Waals surface area contributed by atoms with Gasteiger partial charge in [0.15, 0.2) is 0 Å². The normalized spacial score (nSPS) is 9.80. The van der Waals surface area contributed by atoms with Crippen LogP contribution in [0.5, 0.6) is 0 Å². The van der Waals surface area contributed by atoms with Crippen LogP contribution >= 0.6 is 0 Å². The van der Waals surface area contributed by atoms with E-state index >= 15 is 0 Å². The highest BCUT2D eigenvalue weighted by atomic mass is 16.1. The zero-order chi connectivity index (χ0) is 11.4. The molecule has 0 aliphatic carbocycles. The summed E-state index contributed by atoms with van der Waals surface area (Å²) in [6.07, 6.45) is 0. The highest BCUT2D eigenvalue weighted by molar-refractivity contribution is 5.97. The van der Waals surface area contributed by atoms with Crippen LogP contribution in [0.3, 0.4) is 0 Å². The fourth-order valence-corrected chi connectivity index (χ4v) is 1.49. The standard InChI is InChI=1S/C13H17NO/c1-9(2)8-14-13(15)12-10(3)6-5-7-11(12)4/h5-7H,1,8H2,2-4H3,(H,14,15). The summed E-state index contributed by atoms with van der Waals surface area (Å²) in [7, 11) is 0. The Morgan fingerprint density at radius 1 is 1.33 bits per heavy atom. The van der Waals surface area contributed by atoms with Crippen LogP contribution in [-0.2, 0) is 0 Å². The number of benzene rings is 1. The molecule has 0 unspecified atom stereocenters. The number of carbonyl (C=O) groups is 1. The zero-order valence-electron chi connectivity index (χ0n) is 9.55. The van der Waals surface area contributed by atoms with Crippen molar-refractivity contribution in [3.8, 4) is 0 Å². The predicted octanol–water partition coefficient (Wildman–Crippen LogP) is 2.61. The van der Waals surface area contributed by atoms with Crippen LogP contribution in [0.4, 0.5) is 0 Å². The Kier molecular flexibility index (Phi) is 3.67. The lowest BCUT2D eigenvalue weighted by Crippen LogP contribution is -2.26. The van der Waals surface area contributed by atoms with Crippen molar-refractivity contribution >= 4 is 5.91 Å². The minimum absolute atomic E-state index is 0.0198. The molecule has 1 aromatic carbocycles. The van der Waals surface area contributed by atoms with Crippen molar-refractivity contribution in [1.29, 1.82) is 0 Å². The first-order valence-electron chi connectivity index (χ1n) is 5.01. The molecule has 0 aromatic heterocycles. The van der Waals surface area contributed by atoms with Crippen molar-refractivity contribution < 1.29 is 4.79 Å². The second-order valence-electron chi connectivity index (χ2n) is 3.91. The average Bonchev–Trinajstić information content (AvgIpc) is 2.14. The second-order valence-corrected chi connectivity index (χ2v) is 3.91. The number of carbonyl (C=O) groups excluding carboxylic acids is 1. The smallest absolute Gasteiger partial charge is 0.252 e. The van der Waals surface area contributed by atoms with Gasteiger partial charge in [0.2, 0.25) is 0 Å². The predicted molar refractivity (Wildman–Crippen MR) is 63.1 cm³/mol. The summed E-state index contributed by atoms with van der Waals surface area (Å²) in [5.74, 6) is -0.0198. The van der Waals surface area contributed by atoms with Gasteiger partial charge < -0.3 is 5.32 Å². The Balaban J connectivity index is 2.86. The van der Waals surface area contributed by atoms with Crippen molar-refractivity contribution in [2.45, 2.75) is 20.8 Å². The topological polar surface area (TPSA) is 29.1 Å². The minimum atomic E-state index is -0.0198. The molecule has 0 fully saturated rings. The molecule has 1 aromatic rings. The van der Waals surface area contributed by atoms with Crippen molar-refractivity contribution in [3.63, 3.8) is 0 Å². The molecule has 0 heterocycles. The van der Waals surface area contributed by atoms with Crippen LogP contribution in [0.1, 0.15) is 28.4 Å². The molecule has 0 aliphatic heterocycles. The fourth-order valence-electron chi connectivity index (χ4n) is 1.49. The summed E-state index contributed by atoms with van der Waals surface area (Å²) in [6, 6.07) is 5.85. The van der Waals surface area contributed by atoms with E-state index in [-0.39, 0.29) is 5.91 Å². The van der Waals surface area contributed by atoms with Crippen molar-refractivity contribution in [2.24, 2.45) is 0 Å². The van der Waals surface area contributed by atoms with E-state index in [0.717, 1.165) is 22.3 Å². The molecule has 0 saturated carbocycles. The summed E-state index contributed by atoms with van der Waals surface area (Å²) >= 11 is 0. The van der Waals surface area contributed by atoms with E-state index in [2.05, 4.69) is 11.9 Å². The van der Waals surface area contributed by atoms with Gasteiger partial charge in [0.1, 0.15) is 0 Å². The molecule has 15 heavy (non-hydrogen) atoms. The quantitative estimate of drug-likeness (QED) is 0.752. The van der Waals surface area contributed by atoms with Crippen LogP contribution in [0.15, 0.2) is 30.4 Å². The first-order chi connectivity index (χ1) is 7.02. The molecule has 0 aliphatic rings. The Hall–Kier alpha value is -1.57. The molecular weight excluding hydrogens is 186 g/mol. The molecule has 80 valence electrons. The van der Waals surface area contributed by atoms with Crippen molar-refractivity contribution in [1.82, 2.24) is 5.32 Å². The van der Waals surface area contributed by atoms with Crippen molar-refractivity contribution in [2.75, 3.05) is 6.54 Å². The largest absolute Gasteiger partial charge is 0.348 e. The summed E-state index contributed by atoms with van der Waals surface area (Å²) < 4.78 is 0. The lowest BCUT2D eigenvalue weighted by atomic mass is 10.0. The number of rotatable bonds is 3.